The quantitative estimate of drug-likeness (QED) is 0.773. The van der Waals surface area contributed by atoms with Crippen molar-refractivity contribution >= 4 is 0 Å². The van der Waals surface area contributed by atoms with Gasteiger partial charge in [-0.2, -0.15) is 26.3 Å². The monoisotopic (exact) mass is 363 g/mol. The number of hydrogen-bond acceptors (Lipinski definition) is 1. The highest BCUT2D eigenvalue weighted by atomic mass is 19.4. The highest BCUT2D eigenvalue weighted by Gasteiger charge is 2.72. The van der Waals surface area contributed by atoms with E-state index >= 15 is 0 Å². The van der Waals surface area contributed by atoms with E-state index < -0.39 is 23.5 Å². The van der Waals surface area contributed by atoms with Gasteiger partial charge >= 0.3 is 12.4 Å². The Kier molecular flexibility index (Phi) is 3.94. The topological polar surface area (TPSA) is 25.2 Å². The standard InChI is InChI=1S/C17H15F6NO/c1-10-13(15(25,16(18,19)20)17(21,22)23)9-12-7-8-14(24(10)12)11-5-3-2-4-6-11/h2-6,9,14,25H,7-8H2,1H3. The van der Waals surface area contributed by atoms with Crippen LogP contribution < -0.4 is 0 Å². The summed E-state index contributed by atoms with van der Waals surface area (Å²) in [6.45, 7) is 1.18. The first kappa shape index (κ1) is 17.8. The summed E-state index contributed by atoms with van der Waals surface area (Å²) in [4.78, 5) is 0. The molecule has 0 bridgehead atoms. The lowest BCUT2D eigenvalue weighted by Gasteiger charge is -2.33. The largest absolute Gasteiger partial charge is 0.430 e. The number of hydrogen-bond donors (Lipinski definition) is 1. The van der Waals surface area contributed by atoms with Crippen LogP contribution in [0.15, 0.2) is 36.4 Å². The lowest BCUT2D eigenvalue weighted by atomic mass is 9.91. The van der Waals surface area contributed by atoms with Gasteiger partial charge in [0.2, 0.25) is 0 Å². The first-order chi connectivity index (χ1) is 11.5. The predicted molar refractivity (Wildman–Crippen MR) is 78.1 cm³/mol. The lowest BCUT2D eigenvalue weighted by Crippen LogP contribution is -2.54. The second kappa shape index (κ2) is 5.52. The molecule has 8 heteroatoms. The molecule has 1 aromatic heterocycles. The van der Waals surface area contributed by atoms with Crippen molar-refractivity contribution in [2.75, 3.05) is 0 Å². The number of alkyl halides is 6. The Bertz CT molecular complexity index is 761. The Labute approximate surface area is 139 Å². The van der Waals surface area contributed by atoms with E-state index in [1.165, 1.54) is 11.5 Å². The zero-order valence-electron chi connectivity index (χ0n) is 13.1. The molecule has 1 aromatic carbocycles. The summed E-state index contributed by atoms with van der Waals surface area (Å²) in [7, 11) is 0. The summed E-state index contributed by atoms with van der Waals surface area (Å²) >= 11 is 0. The number of aryl methyl sites for hydroxylation is 1. The Morgan fingerprint density at radius 1 is 1.00 bits per heavy atom. The van der Waals surface area contributed by atoms with E-state index in [9.17, 15) is 31.4 Å². The first-order valence-electron chi connectivity index (χ1n) is 7.60. The van der Waals surface area contributed by atoms with E-state index in [4.69, 9.17) is 0 Å². The van der Waals surface area contributed by atoms with Crippen molar-refractivity contribution in [2.24, 2.45) is 0 Å². The molecule has 0 spiro atoms. The zero-order chi connectivity index (χ0) is 18.6. The second-order valence-electron chi connectivity index (χ2n) is 6.18. The third-order valence-electron chi connectivity index (χ3n) is 4.75. The van der Waals surface area contributed by atoms with E-state index in [-0.39, 0.29) is 11.7 Å². The van der Waals surface area contributed by atoms with Gasteiger partial charge in [0.15, 0.2) is 0 Å². The van der Waals surface area contributed by atoms with Gasteiger partial charge in [-0.3, -0.25) is 0 Å². The molecule has 1 aliphatic heterocycles. The first-order valence-corrected chi connectivity index (χ1v) is 7.60. The van der Waals surface area contributed by atoms with Crippen molar-refractivity contribution in [2.45, 2.75) is 43.8 Å². The lowest BCUT2D eigenvalue weighted by molar-refractivity contribution is -0.376. The van der Waals surface area contributed by atoms with Crippen LogP contribution in [0.4, 0.5) is 26.3 Å². The molecule has 0 amide bonds. The number of rotatable bonds is 2. The minimum Gasteiger partial charge on any atom is -0.369 e. The molecule has 25 heavy (non-hydrogen) atoms. The van der Waals surface area contributed by atoms with E-state index in [0.29, 0.717) is 18.5 Å². The molecule has 0 radical (unpaired) electrons. The van der Waals surface area contributed by atoms with Crippen molar-refractivity contribution in [1.29, 1.82) is 0 Å². The number of aromatic nitrogens is 1. The molecule has 1 N–H and O–H groups in total. The van der Waals surface area contributed by atoms with Crippen LogP contribution in [0, 0.1) is 6.92 Å². The van der Waals surface area contributed by atoms with Gasteiger partial charge in [-0.15, -0.1) is 0 Å². The minimum absolute atomic E-state index is 0.224. The van der Waals surface area contributed by atoms with Crippen LogP contribution in [0.25, 0.3) is 0 Å². The molecule has 0 saturated heterocycles. The van der Waals surface area contributed by atoms with Crippen LogP contribution in [0.2, 0.25) is 0 Å². The molecule has 0 fully saturated rings. The zero-order valence-corrected chi connectivity index (χ0v) is 13.1. The smallest absolute Gasteiger partial charge is 0.369 e. The summed E-state index contributed by atoms with van der Waals surface area (Å²) < 4.78 is 80.5. The summed E-state index contributed by atoms with van der Waals surface area (Å²) in [6, 6.07) is 9.33. The van der Waals surface area contributed by atoms with E-state index in [1.807, 2.05) is 0 Å². The van der Waals surface area contributed by atoms with Crippen molar-refractivity contribution in [3.63, 3.8) is 0 Å². The third-order valence-corrected chi connectivity index (χ3v) is 4.75. The Morgan fingerprint density at radius 3 is 2.08 bits per heavy atom. The number of aliphatic hydroxyl groups is 1. The highest BCUT2D eigenvalue weighted by molar-refractivity contribution is 5.39. The maximum atomic E-state index is 13.2. The molecule has 2 nitrogen and oxygen atoms in total. The number of halogens is 6. The maximum Gasteiger partial charge on any atom is 0.430 e. The number of benzene rings is 1. The molecule has 0 aliphatic carbocycles. The van der Waals surface area contributed by atoms with E-state index in [0.717, 1.165) is 11.6 Å². The van der Waals surface area contributed by atoms with Gasteiger partial charge in [0.25, 0.3) is 5.60 Å². The molecule has 1 unspecified atom stereocenters. The number of nitrogens with zero attached hydrogens (tertiary/aromatic N) is 1. The van der Waals surface area contributed by atoms with Gasteiger partial charge in [0.1, 0.15) is 0 Å². The summed E-state index contributed by atoms with van der Waals surface area (Å²) in [5.41, 5.74) is -5.10. The average Bonchev–Trinajstić information content (AvgIpc) is 3.06. The molecular formula is C17H15F6NO. The average molecular weight is 363 g/mol. The van der Waals surface area contributed by atoms with Crippen LogP contribution in [0.5, 0.6) is 0 Å². The molecule has 2 aromatic rings. The third kappa shape index (κ3) is 2.54. The van der Waals surface area contributed by atoms with E-state index in [1.54, 1.807) is 30.3 Å². The van der Waals surface area contributed by atoms with Gasteiger partial charge in [-0.05, 0) is 31.4 Å². The van der Waals surface area contributed by atoms with Gasteiger partial charge in [-0.25, -0.2) is 0 Å². The minimum atomic E-state index is -5.87. The molecular weight excluding hydrogens is 348 g/mol. The molecule has 3 rings (SSSR count). The summed E-state index contributed by atoms with van der Waals surface area (Å²) in [6.07, 6.45) is -10.8. The van der Waals surface area contributed by atoms with Crippen molar-refractivity contribution in [3.05, 3.63) is 58.9 Å². The van der Waals surface area contributed by atoms with Gasteiger partial charge < -0.3 is 9.67 Å². The number of fused-ring (bicyclic) bond motifs is 1. The van der Waals surface area contributed by atoms with E-state index in [2.05, 4.69) is 0 Å². The molecule has 1 aliphatic rings. The fourth-order valence-corrected chi connectivity index (χ4v) is 3.55. The molecule has 0 saturated carbocycles. The normalized spacial score (nSPS) is 18.5. The SMILES string of the molecule is Cc1c(C(O)(C(F)(F)F)C(F)(F)F)cc2n1C(c1ccccc1)CC2. The van der Waals surface area contributed by atoms with Crippen molar-refractivity contribution in [3.8, 4) is 0 Å². The molecule has 1 atom stereocenters. The Morgan fingerprint density at radius 2 is 1.56 bits per heavy atom. The van der Waals surface area contributed by atoms with Crippen LogP contribution in [0.3, 0.4) is 0 Å². The fraction of sp³-hybridized carbons (Fsp3) is 0.412. The summed E-state index contributed by atoms with van der Waals surface area (Å²) in [5.74, 6) is 0. The predicted octanol–water partition coefficient (Wildman–Crippen LogP) is 4.64. The molecule has 136 valence electrons. The van der Waals surface area contributed by atoms with Crippen LogP contribution >= 0.6 is 0 Å². The van der Waals surface area contributed by atoms with Crippen LogP contribution in [0.1, 0.15) is 35.0 Å². The fourth-order valence-electron chi connectivity index (χ4n) is 3.55. The maximum absolute atomic E-state index is 13.2. The summed E-state index contributed by atoms with van der Waals surface area (Å²) in [5, 5.41) is 9.69. The van der Waals surface area contributed by atoms with Crippen LogP contribution in [-0.4, -0.2) is 22.0 Å². The van der Waals surface area contributed by atoms with Gasteiger partial charge in [0, 0.05) is 17.0 Å². The van der Waals surface area contributed by atoms with Crippen molar-refractivity contribution < 1.29 is 31.4 Å². The van der Waals surface area contributed by atoms with Crippen LogP contribution in [-0.2, 0) is 12.0 Å². The van der Waals surface area contributed by atoms with Crippen molar-refractivity contribution in [1.82, 2.24) is 4.57 Å². The Balaban J connectivity index is 2.16. The van der Waals surface area contributed by atoms with Gasteiger partial charge in [0.05, 0.1) is 6.04 Å². The Hall–Kier alpha value is -1.96. The van der Waals surface area contributed by atoms with Gasteiger partial charge in [-0.1, -0.05) is 30.3 Å². The second-order valence-corrected chi connectivity index (χ2v) is 6.18. The highest BCUT2D eigenvalue weighted by Crippen LogP contribution is 2.52. The molecule has 2 heterocycles.